The number of ketones is 1. The third kappa shape index (κ3) is 12.2. The van der Waals surface area contributed by atoms with Crippen molar-refractivity contribution in [3.63, 3.8) is 0 Å². The van der Waals surface area contributed by atoms with E-state index in [4.69, 9.17) is 0 Å². The van der Waals surface area contributed by atoms with E-state index in [1.54, 1.807) is 0 Å². The fraction of sp³-hybridized carbons (Fsp3) is 0.947. The van der Waals surface area contributed by atoms with E-state index in [1.165, 1.54) is 12.8 Å². The Labute approximate surface area is 137 Å². The van der Waals surface area contributed by atoms with Crippen LogP contribution in [0.2, 0.25) is 0 Å². The van der Waals surface area contributed by atoms with Crippen molar-refractivity contribution in [1.29, 1.82) is 0 Å². The highest BCUT2D eigenvalue weighted by atomic mass is 16.5. The van der Waals surface area contributed by atoms with Gasteiger partial charge in [-0.3, -0.25) is 4.79 Å². The summed E-state index contributed by atoms with van der Waals surface area (Å²) in [4.78, 5) is 11.8. The predicted octanol–water partition coefficient (Wildman–Crippen LogP) is 4.84. The minimum absolute atomic E-state index is 0.386. The summed E-state index contributed by atoms with van der Waals surface area (Å²) in [6.07, 6.45) is 8.43. The monoisotopic (exact) mass is 314 g/mol. The first-order chi connectivity index (χ1) is 10.0. The number of hydrogen-bond acceptors (Lipinski definition) is 3. The molecule has 2 N–H and O–H groups in total. The van der Waals surface area contributed by atoms with Gasteiger partial charge in [-0.15, -0.1) is 0 Å². The summed E-state index contributed by atoms with van der Waals surface area (Å²) in [7, 11) is 0. The van der Waals surface area contributed by atoms with E-state index >= 15 is 0 Å². The number of Topliss-reactive ketones (excluding diaryl/α,β-unsaturated/α-hetero) is 1. The van der Waals surface area contributed by atoms with Gasteiger partial charge in [-0.05, 0) is 31.1 Å². The summed E-state index contributed by atoms with van der Waals surface area (Å²) in [5, 5.41) is 18.4. The minimum atomic E-state index is -1.26. The van der Waals surface area contributed by atoms with Crippen LogP contribution in [-0.2, 0) is 4.79 Å². The van der Waals surface area contributed by atoms with Crippen molar-refractivity contribution in [3.05, 3.63) is 0 Å². The second-order valence-electron chi connectivity index (χ2n) is 8.58. The number of rotatable bonds is 12. The molecule has 0 aromatic heterocycles. The number of carbonyl (C=O) groups excluding carboxylic acids is 1. The van der Waals surface area contributed by atoms with Gasteiger partial charge in [0, 0.05) is 18.3 Å². The van der Waals surface area contributed by atoms with Gasteiger partial charge in [0.05, 0.1) is 0 Å². The smallest absolute Gasteiger partial charge is 0.156 e. The van der Waals surface area contributed by atoms with Crippen molar-refractivity contribution in [2.75, 3.05) is 0 Å². The highest BCUT2D eigenvalue weighted by Crippen LogP contribution is 2.27. The Morgan fingerprint density at radius 1 is 0.773 bits per heavy atom. The molecule has 3 heteroatoms. The van der Waals surface area contributed by atoms with Crippen LogP contribution in [0, 0.1) is 10.8 Å². The second-order valence-corrected chi connectivity index (χ2v) is 8.58. The molecule has 0 fully saturated rings. The Balaban J connectivity index is 3.51. The fourth-order valence-corrected chi connectivity index (χ4v) is 2.49. The van der Waals surface area contributed by atoms with Gasteiger partial charge in [-0.1, -0.05) is 60.3 Å². The van der Waals surface area contributed by atoms with Gasteiger partial charge in [0.2, 0.25) is 0 Å². The van der Waals surface area contributed by atoms with Gasteiger partial charge in [0.25, 0.3) is 0 Å². The lowest BCUT2D eigenvalue weighted by molar-refractivity contribution is -0.125. The first-order valence-electron chi connectivity index (χ1n) is 8.92. The van der Waals surface area contributed by atoms with Gasteiger partial charge < -0.3 is 10.2 Å². The van der Waals surface area contributed by atoms with E-state index in [0.29, 0.717) is 17.6 Å². The van der Waals surface area contributed by atoms with E-state index in [2.05, 4.69) is 20.8 Å². The molecule has 0 aliphatic carbocycles. The van der Waals surface area contributed by atoms with Crippen molar-refractivity contribution >= 4 is 5.78 Å². The average molecular weight is 315 g/mol. The molecule has 0 aromatic carbocycles. The van der Waals surface area contributed by atoms with Gasteiger partial charge in [0.1, 0.15) is 5.78 Å². The summed E-state index contributed by atoms with van der Waals surface area (Å²) in [5.41, 5.74) is -0.0446. The van der Waals surface area contributed by atoms with Crippen LogP contribution in [-0.4, -0.2) is 22.3 Å². The summed E-state index contributed by atoms with van der Waals surface area (Å²) >= 11 is 0. The van der Waals surface area contributed by atoms with Crippen LogP contribution in [0.1, 0.15) is 98.8 Å². The van der Waals surface area contributed by atoms with Crippen LogP contribution in [0.3, 0.4) is 0 Å². The van der Waals surface area contributed by atoms with E-state index in [-0.39, 0.29) is 0 Å². The van der Waals surface area contributed by atoms with Crippen LogP contribution in [0.4, 0.5) is 0 Å². The quantitative estimate of drug-likeness (QED) is 0.400. The standard InChI is InChI=1S/C19H38O3/c1-18(2,3)14-10-6-8-12-16(20)13-9-7-11-15-19(4,5)17(21)22/h17,21-22H,6-15H2,1-5H3. The number of unbranched alkanes of at least 4 members (excludes halogenated alkanes) is 4. The molecule has 0 bridgehead atoms. The maximum absolute atomic E-state index is 11.8. The molecule has 0 spiro atoms. The van der Waals surface area contributed by atoms with Crippen molar-refractivity contribution < 1.29 is 15.0 Å². The molecule has 0 rings (SSSR count). The summed E-state index contributed by atoms with van der Waals surface area (Å²) in [6, 6.07) is 0. The zero-order valence-electron chi connectivity index (χ0n) is 15.5. The van der Waals surface area contributed by atoms with Crippen molar-refractivity contribution in [2.24, 2.45) is 10.8 Å². The lowest BCUT2D eigenvalue weighted by Gasteiger charge is -2.26. The molecule has 0 aromatic rings. The SMILES string of the molecule is CC(C)(C)CCCCCC(=O)CCCCCC(C)(C)C(O)O. The molecule has 132 valence electrons. The van der Waals surface area contributed by atoms with E-state index in [0.717, 1.165) is 44.9 Å². The van der Waals surface area contributed by atoms with Gasteiger partial charge in [-0.25, -0.2) is 0 Å². The first kappa shape index (κ1) is 21.6. The van der Waals surface area contributed by atoms with Crippen LogP contribution in [0.5, 0.6) is 0 Å². The fourth-order valence-electron chi connectivity index (χ4n) is 2.49. The number of aliphatic hydroxyl groups excluding tert-OH is 1. The molecule has 0 unspecified atom stereocenters. The molecule has 0 aliphatic rings. The number of hydrogen-bond donors (Lipinski definition) is 2. The Bertz CT molecular complexity index is 300. The number of aliphatic hydroxyl groups is 2. The van der Waals surface area contributed by atoms with Crippen LogP contribution < -0.4 is 0 Å². The molecule has 0 radical (unpaired) electrons. The molecule has 3 nitrogen and oxygen atoms in total. The third-order valence-electron chi connectivity index (χ3n) is 4.36. The Hall–Kier alpha value is -0.410. The maximum Gasteiger partial charge on any atom is 0.156 e. The Kier molecular flexibility index (Phi) is 10.2. The van der Waals surface area contributed by atoms with E-state index in [1.807, 2.05) is 13.8 Å². The van der Waals surface area contributed by atoms with Gasteiger partial charge >= 0.3 is 0 Å². The molecule has 0 heterocycles. The third-order valence-corrected chi connectivity index (χ3v) is 4.36. The van der Waals surface area contributed by atoms with Crippen molar-refractivity contribution in [3.8, 4) is 0 Å². The molecule has 0 amide bonds. The van der Waals surface area contributed by atoms with E-state index in [9.17, 15) is 15.0 Å². The average Bonchev–Trinajstić information content (AvgIpc) is 2.36. The molecular formula is C19H38O3. The molecule has 0 saturated heterocycles. The van der Waals surface area contributed by atoms with Crippen molar-refractivity contribution in [1.82, 2.24) is 0 Å². The van der Waals surface area contributed by atoms with Gasteiger partial charge in [0.15, 0.2) is 6.29 Å². The summed E-state index contributed by atoms with van der Waals surface area (Å²) in [5.74, 6) is 0.386. The normalized spacial score (nSPS) is 12.9. The van der Waals surface area contributed by atoms with Gasteiger partial charge in [-0.2, -0.15) is 0 Å². The summed E-state index contributed by atoms with van der Waals surface area (Å²) in [6.45, 7) is 10.5. The zero-order valence-corrected chi connectivity index (χ0v) is 15.5. The Morgan fingerprint density at radius 2 is 1.23 bits per heavy atom. The number of carbonyl (C=O) groups is 1. The Morgan fingerprint density at radius 3 is 1.64 bits per heavy atom. The zero-order chi connectivity index (χ0) is 17.2. The molecule has 22 heavy (non-hydrogen) atoms. The molecule has 0 saturated carbocycles. The molecule has 0 aliphatic heterocycles. The van der Waals surface area contributed by atoms with E-state index < -0.39 is 11.7 Å². The largest absolute Gasteiger partial charge is 0.368 e. The molecule has 0 atom stereocenters. The van der Waals surface area contributed by atoms with Crippen LogP contribution in [0.25, 0.3) is 0 Å². The highest BCUT2D eigenvalue weighted by Gasteiger charge is 2.24. The first-order valence-corrected chi connectivity index (χ1v) is 8.92. The topological polar surface area (TPSA) is 57.5 Å². The maximum atomic E-state index is 11.8. The summed E-state index contributed by atoms with van der Waals surface area (Å²) < 4.78 is 0. The minimum Gasteiger partial charge on any atom is -0.368 e. The highest BCUT2D eigenvalue weighted by molar-refractivity contribution is 5.78. The molecular weight excluding hydrogens is 276 g/mol. The van der Waals surface area contributed by atoms with Crippen LogP contribution in [0.15, 0.2) is 0 Å². The lowest BCUT2D eigenvalue weighted by atomic mass is 9.86. The van der Waals surface area contributed by atoms with Crippen molar-refractivity contribution in [2.45, 2.75) is 105 Å². The lowest BCUT2D eigenvalue weighted by Crippen LogP contribution is -2.28. The predicted molar refractivity (Wildman–Crippen MR) is 92.6 cm³/mol. The second kappa shape index (κ2) is 10.4. The van der Waals surface area contributed by atoms with Crippen LogP contribution >= 0.6 is 0 Å².